The van der Waals surface area contributed by atoms with E-state index in [1.165, 1.54) is 7.11 Å². The van der Waals surface area contributed by atoms with Crippen LogP contribution in [0.4, 0.5) is 0 Å². The molecule has 3 nitrogen and oxygen atoms in total. The molecule has 3 unspecified atom stereocenters. The van der Waals surface area contributed by atoms with E-state index >= 15 is 0 Å². The maximum Gasteiger partial charge on any atom is 0.322 e. The van der Waals surface area contributed by atoms with E-state index in [0.29, 0.717) is 5.02 Å². The van der Waals surface area contributed by atoms with Crippen LogP contribution in [0.2, 0.25) is 5.02 Å². The van der Waals surface area contributed by atoms with Crippen molar-refractivity contribution in [3.05, 3.63) is 34.9 Å². The number of carbonyl (C=O) groups excluding carboxylic acids is 1. The second kappa shape index (κ2) is 6.03. The van der Waals surface area contributed by atoms with Gasteiger partial charge in [0.1, 0.15) is 6.04 Å². The van der Waals surface area contributed by atoms with Crippen molar-refractivity contribution in [3.8, 4) is 0 Å². The number of halogens is 1. The van der Waals surface area contributed by atoms with Gasteiger partial charge in [0, 0.05) is 5.02 Å². The van der Waals surface area contributed by atoms with Crippen molar-refractivity contribution >= 4 is 17.6 Å². The Morgan fingerprint density at radius 3 is 2.47 bits per heavy atom. The highest BCUT2D eigenvalue weighted by Crippen LogP contribution is 2.31. The number of nitrogens with two attached hydrogens (primary N) is 1. The van der Waals surface area contributed by atoms with Gasteiger partial charge in [0.15, 0.2) is 0 Å². The number of methoxy groups -OCH3 is 1. The zero-order chi connectivity index (χ0) is 13.0. The second-order valence-corrected chi connectivity index (χ2v) is 4.63. The van der Waals surface area contributed by atoms with Crippen LogP contribution in [0.25, 0.3) is 0 Å². The summed E-state index contributed by atoms with van der Waals surface area (Å²) in [5, 5.41) is 0.698. The van der Waals surface area contributed by atoms with Gasteiger partial charge in [-0.2, -0.15) is 0 Å². The molecule has 0 aliphatic rings. The zero-order valence-corrected chi connectivity index (χ0v) is 11.1. The van der Waals surface area contributed by atoms with Crippen molar-refractivity contribution < 1.29 is 9.53 Å². The van der Waals surface area contributed by atoms with E-state index < -0.39 is 12.0 Å². The quantitative estimate of drug-likeness (QED) is 0.842. The Labute approximate surface area is 107 Å². The average molecular weight is 256 g/mol. The summed E-state index contributed by atoms with van der Waals surface area (Å²) in [5.74, 6) is -0.337. The SMILES string of the molecule is COC(=O)C(N)C(C)C(C)c1ccccc1Cl. The van der Waals surface area contributed by atoms with Crippen molar-refractivity contribution in [2.75, 3.05) is 7.11 Å². The number of rotatable bonds is 4. The molecule has 0 aromatic heterocycles. The van der Waals surface area contributed by atoms with E-state index in [1.54, 1.807) is 0 Å². The fourth-order valence-electron chi connectivity index (χ4n) is 1.79. The molecule has 1 aromatic carbocycles. The Hall–Kier alpha value is -1.06. The predicted octanol–water partition coefficient (Wildman–Crippen LogP) is 2.58. The minimum atomic E-state index is -0.633. The molecule has 0 fully saturated rings. The van der Waals surface area contributed by atoms with E-state index in [2.05, 4.69) is 4.74 Å². The van der Waals surface area contributed by atoms with Gasteiger partial charge in [-0.1, -0.05) is 43.6 Å². The molecule has 0 radical (unpaired) electrons. The summed E-state index contributed by atoms with van der Waals surface area (Å²) in [6.07, 6.45) is 0. The Balaban J connectivity index is 2.87. The minimum absolute atomic E-state index is 0.0395. The molecule has 1 rings (SSSR count). The molecule has 0 aliphatic carbocycles. The molecule has 17 heavy (non-hydrogen) atoms. The first-order chi connectivity index (χ1) is 7.99. The minimum Gasteiger partial charge on any atom is -0.468 e. The van der Waals surface area contributed by atoms with Gasteiger partial charge in [-0.15, -0.1) is 0 Å². The highest BCUT2D eigenvalue weighted by atomic mass is 35.5. The first-order valence-corrected chi connectivity index (χ1v) is 5.94. The van der Waals surface area contributed by atoms with Gasteiger partial charge in [-0.25, -0.2) is 0 Å². The number of hydrogen-bond donors (Lipinski definition) is 1. The lowest BCUT2D eigenvalue weighted by Gasteiger charge is -2.25. The lowest BCUT2D eigenvalue weighted by atomic mass is 9.84. The van der Waals surface area contributed by atoms with Gasteiger partial charge in [0.05, 0.1) is 7.11 Å². The van der Waals surface area contributed by atoms with Gasteiger partial charge in [0.2, 0.25) is 0 Å². The van der Waals surface area contributed by atoms with Crippen molar-refractivity contribution in [3.63, 3.8) is 0 Å². The summed E-state index contributed by atoms with van der Waals surface area (Å²) in [6.45, 7) is 3.93. The summed E-state index contributed by atoms with van der Waals surface area (Å²) >= 11 is 6.12. The number of ether oxygens (including phenoxy) is 1. The third-order valence-electron chi connectivity index (χ3n) is 3.22. The fraction of sp³-hybridized carbons (Fsp3) is 0.462. The topological polar surface area (TPSA) is 52.3 Å². The lowest BCUT2D eigenvalue weighted by Crippen LogP contribution is -2.39. The number of esters is 1. The maximum absolute atomic E-state index is 11.4. The first-order valence-electron chi connectivity index (χ1n) is 5.56. The first kappa shape index (κ1) is 14.0. The standard InChI is InChI=1S/C13H18ClNO2/c1-8(9(2)12(15)13(16)17-3)10-6-4-5-7-11(10)14/h4-9,12H,15H2,1-3H3. The van der Waals surface area contributed by atoms with Crippen LogP contribution < -0.4 is 5.73 Å². The van der Waals surface area contributed by atoms with Gasteiger partial charge >= 0.3 is 5.97 Å². The molecule has 0 spiro atoms. The highest BCUT2D eigenvalue weighted by molar-refractivity contribution is 6.31. The van der Waals surface area contributed by atoms with Gasteiger partial charge in [0.25, 0.3) is 0 Å². The summed E-state index contributed by atoms with van der Waals surface area (Å²) in [7, 11) is 1.34. The molecular weight excluding hydrogens is 238 g/mol. The summed E-state index contributed by atoms with van der Waals surface area (Å²) in [4.78, 5) is 11.4. The van der Waals surface area contributed by atoms with Gasteiger partial charge in [-0.05, 0) is 23.5 Å². The van der Waals surface area contributed by atoms with Crippen LogP contribution in [0.15, 0.2) is 24.3 Å². The van der Waals surface area contributed by atoms with Crippen LogP contribution >= 0.6 is 11.6 Å². The van der Waals surface area contributed by atoms with Crippen molar-refractivity contribution in [1.29, 1.82) is 0 Å². The fourth-order valence-corrected chi connectivity index (χ4v) is 2.10. The Kier molecular flexibility index (Phi) is 4.97. The third-order valence-corrected chi connectivity index (χ3v) is 3.57. The van der Waals surface area contributed by atoms with E-state index in [4.69, 9.17) is 17.3 Å². The Bertz CT molecular complexity index is 395. The van der Waals surface area contributed by atoms with E-state index in [-0.39, 0.29) is 11.8 Å². The van der Waals surface area contributed by atoms with Crippen LogP contribution in [-0.4, -0.2) is 19.1 Å². The molecule has 0 saturated carbocycles. The molecule has 0 heterocycles. The normalized spacial score (nSPS) is 16.1. The lowest BCUT2D eigenvalue weighted by molar-refractivity contribution is -0.143. The van der Waals surface area contributed by atoms with Crippen molar-refractivity contribution in [2.45, 2.75) is 25.8 Å². The molecule has 2 N–H and O–H groups in total. The number of carbonyl (C=O) groups is 1. The van der Waals surface area contributed by atoms with E-state index in [0.717, 1.165) is 5.56 Å². The number of benzene rings is 1. The smallest absolute Gasteiger partial charge is 0.322 e. The van der Waals surface area contributed by atoms with Crippen LogP contribution in [-0.2, 0) is 9.53 Å². The molecule has 0 amide bonds. The van der Waals surface area contributed by atoms with Crippen molar-refractivity contribution in [2.24, 2.45) is 11.7 Å². The molecule has 1 aromatic rings. The monoisotopic (exact) mass is 255 g/mol. The number of hydrogen-bond acceptors (Lipinski definition) is 3. The van der Waals surface area contributed by atoms with Crippen molar-refractivity contribution in [1.82, 2.24) is 0 Å². The second-order valence-electron chi connectivity index (χ2n) is 4.22. The van der Waals surface area contributed by atoms with E-state index in [9.17, 15) is 4.79 Å². The van der Waals surface area contributed by atoms with E-state index in [1.807, 2.05) is 38.1 Å². The molecule has 94 valence electrons. The predicted molar refractivity (Wildman–Crippen MR) is 69.0 cm³/mol. The third kappa shape index (κ3) is 3.20. The Morgan fingerprint density at radius 1 is 1.35 bits per heavy atom. The van der Waals surface area contributed by atoms with Crippen LogP contribution in [0.3, 0.4) is 0 Å². The van der Waals surface area contributed by atoms with Crippen LogP contribution in [0.5, 0.6) is 0 Å². The Morgan fingerprint density at radius 2 is 1.94 bits per heavy atom. The largest absolute Gasteiger partial charge is 0.468 e. The highest BCUT2D eigenvalue weighted by Gasteiger charge is 2.27. The molecule has 4 heteroatoms. The summed E-state index contributed by atoms with van der Waals surface area (Å²) in [5.41, 5.74) is 6.84. The molecule has 3 atom stereocenters. The summed E-state index contributed by atoms with van der Waals surface area (Å²) in [6, 6.07) is 6.96. The zero-order valence-electron chi connectivity index (χ0n) is 10.3. The molecular formula is C13H18ClNO2. The summed E-state index contributed by atoms with van der Waals surface area (Å²) < 4.78 is 4.65. The van der Waals surface area contributed by atoms with Crippen LogP contribution in [0, 0.1) is 5.92 Å². The van der Waals surface area contributed by atoms with Crippen LogP contribution in [0.1, 0.15) is 25.3 Å². The van der Waals surface area contributed by atoms with Gasteiger partial charge in [-0.3, -0.25) is 4.79 Å². The van der Waals surface area contributed by atoms with Gasteiger partial charge < -0.3 is 10.5 Å². The molecule has 0 aliphatic heterocycles. The molecule has 0 saturated heterocycles. The molecule has 0 bridgehead atoms. The maximum atomic E-state index is 11.4. The average Bonchev–Trinajstić information content (AvgIpc) is 2.35.